The Morgan fingerprint density at radius 1 is 1.33 bits per heavy atom. The lowest BCUT2D eigenvalue weighted by Gasteiger charge is -2.39. The van der Waals surface area contributed by atoms with E-state index in [0.29, 0.717) is 26.1 Å². The SMILES string of the molecule is CCOCC(=O)N1CC[C@@H]2[C@H]1CCC(=O)N2Cc1cccc(C)n1. The van der Waals surface area contributed by atoms with Crippen LogP contribution in [0.5, 0.6) is 0 Å². The summed E-state index contributed by atoms with van der Waals surface area (Å²) in [6, 6.07) is 6.08. The van der Waals surface area contributed by atoms with Crippen molar-refractivity contribution in [3.05, 3.63) is 29.6 Å². The van der Waals surface area contributed by atoms with Gasteiger partial charge in [-0.25, -0.2) is 0 Å². The minimum absolute atomic E-state index is 0.0346. The average Bonchev–Trinajstić information content (AvgIpc) is 2.99. The maximum atomic E-state index is 12.4. The van der Waals surface area contributed by atoms with Gasteiger partial charge in [-0.1, -0.05) is 6.07 Å². The van der Waals surface area contributed by atoms with Gasteiger partial charge in [-0.05, 0) is 38.8 Å². The van der Waals surface area contributed by atoms with Crippen LogP contribution in [0.2, 0.25) is 0 Å². The molecule has 0 bridgehead atoms. The Hall–Kier alpha value is -1.95. The van der Waals surface area contributed by atoms with E-state index in [4.69, 9.17) is 4.74 Å². The number of fused-ring (bicyclic) bond motifs is 1. The molecule has 2 atom stereocenters. The van der Waals surface area contributed by atoms with Crippen molar-refractivity contribution in [1.29, 1.82) is 0 Å². The van der Waals surface area contributed by atoms with Gasteiger partial charge in [0.25, 0.3) is 0 Å². The highest BCUT2D eigenvalue weighted by atomic mass is 16.5. The van der Waals surface area contributed by atoms with Crippen molar-refractivity contribution in [3.63, 3.8) is 0 Å². The summed E-state index contributed by atoms with van der Waals surface area (Å²) in [5.41, 5.74) is 1.86. The van der Waals surface area contributed by atoms with E-state index in [0.717, 1.165) is 24.2 Å². The second-order valence-electron chi connectivity index (χ2n) is 6.48. The molecule has 0 unspecified atom stereocenters. The van der Waals surface area contributed by atoms with Crippen LogP contribution in [0, 0.1) is 6.92 Å². The molecule has 24 heavy (non-hydrogen) atoms. The number of hydrogen-bond donors (Lipinski definition) is 0. The number of amides is 2. The molecule has 3 rings (SSSR count). The molecular weight excluding hydrogens is 306 g/mol. The van der Waals surface area contributed by atoms with Crippen molar-refractivity contribution in [3.8, 4) is 0 Å². The lowest BCUT2D eigenvalue weighted by Crippen LogP contribution is -2.53. The van der Waals surface area contributed by atoms with Gasteiger partial charge in [0.2, 0.25) is 11.8 Å². The van der Waals surface area contributed by atoms with Gasteiger partial charge in [0.05, 0.1) is 24.3 Å². The van der Waals surface area contributed by atoms with Crippen molar-refractivity contribution in [2.24, 2.45) is 0 Å². The van der Waals surface area contributed by atoms with E-state index in [-0.39, 0.29) is 30.5 Å². The molecule has 0 radical (unpaired) electrons. The monoisotopic (exact) mass is 331 g/mol. The normalized spacial score (nSPS) is 23.5. The Kier molecular flexibility index (Phi) is 5.14. The molecule has 0 aliphatic carbocycles. The highest BCUT2D eigenvalue weighted by molar-refractivity contribution is 5.81. The average molecular weight is 331 g/mol. The molecular formula is C18H25N3O3. The standard InChI is InChI=1S/C18H25N3O3/c1-3-24-12-18(23)20-10-9-16-15(20)7-8-17(22)21(16)11-14-6-4-5-13(2)19-14/h4-6,15-16H,3,7-12H2,1-2H3/t15-,16-/m1/s1. The fourth-order valence-corrected chi connectivity index (χ4v) is 3.80. The number of pyridine rings is 1. The third-order valence-corrected chi connectivity index (χ3v) is 4.91. The molecule has 2 aliphatic rings. The largest absolute Gasteiger partial charge is 0.372 e. The number of likely N-dealkylation sites (tertiary alicyclic amines) is 2. The van der Waals surface area contributed by atoms with E-state index < -0.39 is 0 Å². The highest BCUT2D eigenvalue weighted by Gasteiger charge is 2.44. The lowest BCUT2D eigenvalue weighted by atomic mass is 9.96. The van der Waals surface area contributed by atoms with Crippen molar-refractivity contribution in [1.82, 2.24) is 14.8 Å². The molecule has 1 aromatic heterocycles. The van der Waals surface area contributed by atoms with Crippen LogP contribution in [-0.2, 0) is 20.9 Å². The van der Waals surface area contributed by atoms with Crippen LogP contribution in [0.25, 0.3) is 0 Å². The van der Waals surface area contributed by atoms with E-state index in [2.05, 4.69) is 4.98 Å². The Labute approximate surface area is 142 Å². The topological polar surface area (TPSA) is 62.7 Å². The molecule has 6 nitrogen and oxygen atoms in total. The van der Waals surface area contributed by atoms with E-state index in [1.807, 2.05) is 41.8 Å². The third-order valence-electron chi connectivity index (χ3n) is 4.91. The summed E-state index contributed by atoms with van der Waals surface area (Å²) in [5, 5.41) is 0. The first-order chi connectivity index (χ1) is 11.6. The summed E-state index contributed by atoms with van der Waals surface area (Å²) < 4.78 is 5.26. The quantitative estimate of drug-likeness (QED) is 0.821. The minimum atomic E-state index is 0.0346. The van der Waals surface area contributed by atoms with Crippen molar-refractivity contribution in [2.45, 2.75) is 51.7 Å². The molecule has 0 spiro atoms. The van der Waals surface area contributed by atoms with Crippen molar-refractivity contribution in [2.75, 3.05) is 19.8 Å². The van der Waals surface area contributed by atoms with Crippen LogP contribution in [0.15, 0.2) is 18.2 Å². The third kappa shape index (κ3) is 3.43. The van der Waals surface area contributed by atoms with Crippen molar-refractivity contribution < 1.29 is 14.3 Å². The van der Waals surface area contributed by atoms with Gasteiger partial charge in [0.15, 0.2) is 0 Å². The molecule has 3 heterocycles. The summed E-state index contributed by atoms with van der Waals surface area (Å²) in [6.45, 7) is 5.73. The van der Waals surface area contributed by atoms with Crippen LogP contribution < -0.4 is 0 Å². The first-order valence-corrected chi connectivity index (χ1v) is 8.69. The first kappa shape index (κ1) is 16.9. The molecule has 6 heteroatoms. The number of rotatable bonds is 5. The van der Waals surface area contributed by atoms with E-state index in [9.17, 15) is 9.59 Å². The molecule has 2 aliphatic heterocycles. The zero-order valence-electron chi connectivity index (χ0n) is 14.4. The predicted molar refractivity (Wildman–Crippen MR) is 89.2 cm³/mol. The fourth-order valence-electron chi connectivity index (χ4n) is 3.80. The van der Waals surface area contributed by atoms with E-state index in [1.165, 1.54) is 0 Å². The number of piperidine rings is 1. The maximum absolute atomic E-state index is 12.4. The van der Waals surface area contributed by atoms with Crippen LogP contribution in [0.3, 0.4) is 0 Å². The molecule has 2 saturated heterocycles. The van der Waals surface area contributed by atoms with Crippen LogP contribution in [-0.4, -0.2) is 58.4 Å². The fraction of sp³-hybridized carbons (Fsp3) is 0.611. The van der Waals surface area contributed by atoms with Gasteiger partial charge in [0.1, 0.15) is 6.61 Å². The Bertz CT molecular complexity index is 619. The second-order valence-corrected chi connectivity index (χ2v) is 6.48. The summed E-state index contributed by atoms with van der Waals surface area (Å²) in [7, 11) is 0. The number of hydrogen-bond acceptors (Lipinski definition) is 4. The predicted octanol–water partition coefficient (Wildman–Crippen LogP) is 1.52. The summed E-state index contributed by atoms with van der Waals surface area (Å²) >= 11 is 0. The molecule has 0 aromatic carbocycles. The maximum Gasteiger partial charge on any atom is 0.248 e. The van der Waals surface area contributed by atoms with Gasteiger partial charge in [-0.15, -0.1) is 0 Å². The van der Waals surface area contributed by atoms with Crippen LogP contribution in [0.1, 0.15) is 37.6 Å². The molecule has 130 valence electrons. The zero-order chi connectivity index (χ0) is 17.1. The van der Waals surface area contributed by atoms with E-state index >= 15 is 0 Å². The molecule has 1 aromatic rings. The molecule has 0 N–H and O–H groups in total. The summed E-state index contributed by atoms with van der Waals surface area (Å²) in [6.07, 6.45) is 2.07. The first-order valence-electron chi connectivity index (χ1n) is 8.69. The summed E-state index contributed by atoms with van der Waals surface area (Å²) in [4.78, 5) is 33.1. The number of aromatic nitrogens is 1. The molecule has 2 amide bonds. The number of carbonyl (C=O) groups excluding carboxylic acids is 2. The number of aryl methyl sites for hydroxylation is 1. The van der Waals surface area contributed by atoms with Gasteiger partial charge in [0, 0.05) is 25.3 Å². The lowest BCUT2D eigenvalue weighted by molar-refractivity contribution is -0.144. The number of ether oxygens (including phenoxy) is 1. The Morgan fingerprint density at radius 3 is 2.92 bits per heavy atom. The van der Waals surface area contributed by atoms with Gasteiger partial charge >= 0.3 is 0 Å². The summed E-state index contributed by atoms with van der Waals surface area (Å²) in [5.74, 6) is 0.200. The van der Waals surface area contributed by atoms with Gasteiger partial charge in [-0.3, -0.25) is 14.6 Å². The number of nitrogens with zero attached hydrogens (tertiary/aromatic N) is 3. The zero-order valence-corrected chi connectivity index (χ0v) is 14.4. The number of carbonyl (C=O) groups is 2. The second kappa shape index (κ2) is 7.30. The van der Waals surface area contributed by atoms with Gasteiger partial charge < -0.3 is 14.5 Å². The minimum Gasteiger partial charge on any atom is -0.372 e. The van der Waals surface area contributed by atoms with E-state index in [1.54, 1.807) is 0 Å². The smallest absolute Gasteiger partial charge is 0.248 e. The van der Waals surface area contributed by atoms with Crippen LogP contribution in [0.4, 0.5) is 0 Å². The molecule has 2 fully saturated rings. The van der Waals surface area contributed by atoms with Crippen molar-refractivity contribution >= 4 is 11.8 Å². The highest BCUT2D eigenvalue weighted by Crippen LogP contribution is 2.32. The van der Waals surface area contributed by atoms with Gasteiger partial charge in [-0.2, -0.15) is 0 Å². The Morgan fingerprint density at radius 2 is 2.17 bits per heavy atom. The van der Waals surface area contributed by atoms with Crippen LogP contribution >= 0.6 is 0 Å². The Balaban J connectivity index is 1.72. The molecule has 0 saturated carbocycles.